The molecule has 1 saturated heterocycles. The molecule has 1 heterocycles. The molecule has 0 unspecified atom stereocenters. The van der Waals surface area contributed by atoms with Gasteiger partial charge < -0.3 is 19.3 Å². The van der Waals surface area contributed by atoms with Crippen molar-refractivity contribution in [1.29, 1.82) is 0 Å². The van der Waals surface area contributed by atoms with Gasteiger partial charge in [0.1, 0.15) is 11.7 Å². The van der Waals surface area contributed by atoms with E-state index in [9.17, 15) is 14.7 Å². The number of esters is 2. The second-order valence-electron chi connectivity index (χ2n) is 10.6. The molecule has 3 rings (SSSR count). The molecular weight excluding hydrogens is 384 g/mol. The highest BCUT2D eigenvalue weighted by Gasteiger charge is 2.66. The molecule has 2 aliphatic carbocycles. The average molecular weight is 423 g/mol. The van der Waals surface area contributed by atoms with Gasteiger partial charge in [-0.05, 0) is 43.9 Å². The minimum absolute atomic E-state index is 0.0639. The molecule has 0 amide bonds. The summed E-state index contributed by atoms with van der Waals surface area (Å²) in [4.78, 5) is 23.7. The van der Waals surface area contributed by atoms with Crippen LogP contribution in [0.5, 0.6) is 0 Å². The first kappa shape index (κ1) is 23.3. The standard InChI is InChI=1S/C24H38O6/c1-7-24(14-25)12-9-19-22(5)11-8-10-21(4,15-28-16(2)26)20(22)18(29-17(3)27)13-23(19,6)30-24/h7,18-20,25H,1,8-15H2,2-6H3/t18-,19-,20+,21-,22+,23+,24-/m1/s1. The summed E-state index contributed by atoms with van der Waals surface area (Å²) in [7, 11) is 0. The summed E-state index contributed by atoms with van der Waals surface area (Å²) >= 11 is 0. The summed E-state index contributed by atoms with van der Waals surface area (Å²) in [5.41, 5.74) is -1.71. The number of aliphatic hydroxyl groups excluding tert-OH is 1. The quantitative estimate of drug-likeness (QED) is 0.536. The van der Waals surface area contributed by atoms with Gasteiger partial charge in [0.15, 0.2) is 0 Å². The number of rotatable bonds is 5. The van der Waals surface area contributed by atoms with Crippen LogP contribution in [0.25, 0.3) is 0 Å². The number of aliphatic hydroxyl groups is 1. The zero-order valence-corrected chi connectivity index (χ0v) is 19.2. The number of carbonyl (C=O) groups excluding carboxylic acids is 2. The van der Waals surface area contributed by atoms with Gasteiger partial charge in [-0.3, -0.25) is 9.59 Å². The monoisotopic (exact) mass is 422 g/mol. The van der Waals surface area contributed by atoms with Crippen LogP contribution in [-0.2, 0) is 23.8 Å². The Labute approximate surface area is 180 Å². The third kappa shape index (κ3) is 3.81. The lowest BCUT2D eigenvalue weighted by Gasteiger charge is -2.66. The van der Waals surface area contributed by atoms with Gasteiger partial charge in [0.2, 0.25) is 0 Å². The van der Waals surface area contributed by atoms with E-state index in [2.05, 4.69) is 27.4 Å². The van der Waals surface area contributed by atoms with Crippen molar-refractivity contribution >= 4 is 11.9 Å². The first-order chi connectivity index (χ1) is 13.9. The topological polar surface area (TPSA) is 82.1 Å². The molecule has 170 valence electrons. The van der Waals surface area contributed by atoms with Gasteiger partial charge in [0.25, 0.3) is 0 Å². The first-order valence-electron chi connectivity index (χ1n) is 11.2. The van der Waals surface area contributed by atoms with E-state index in [0.717, 1.165) is 25.7 Å². The van der Waals surface area contributed by atoms with Crippen LogP contribution in [0.1, 0.15) is 73.1 Å². The summed E-state index contributed by atoms with van der Waals surface area (Å²) in [6.45, 7) is 13.6. The Kier molecular flexibility index (Phi) is 6.16. The number of hydrogen-bond donors (Lipinski definition) is 1. The Morgan fingerprint density at radius 3 is 2.43 bits per heavy atom. The van der Waals surface area contributed by atoms with Gasteiger partial charge in [-0.1, -0.05) is 26.3 Å². The molecule has 0 aromatic carbocycles. The molecule has 2 saturated carbocycles. The molecule has 0 bridgehead atoms. The van der Waals surface area contributed by atoms with Crippen molar-refractivity contribution in [1.82, 2.24) is 0 Å². The molecule has 30 heavy (non-hydrogen) atoms. The summed E-state index contributed by atoms with van der Waals surface area (Å²) in [5.74, 6) is -0.280. The lowest BCUT2D eigenvalue weighted by Crippen LogP contribution is -2.68. The van der Waals surface area contributed by atoms with Crippen molar-refractivity contribution in [2.75, 3.05) is 13.2 Å². The van der Waals surface area contributed by atoms with E-state index in [1.54, 1.807) is 6.08 Å². The van der Waals surface area contributed by atoms with Gasteiger partial charge in [-0.25, -0.2) is 0 Å². The Morgan fingerprint density at radius 2 is 1.87 bits per heavy atom. The van der Waals surface area contributed by atoms with Crippen LogP contribution in [0.4, 0.5) is 0 Å². The summed E-state index contributed by atoms with van der Waals surface area (Å²) in [6.07, 6.45) is 6.52. The van der Waals surface area contributed by atoms with Gasteiger partial charge in [0, 0.05) is 31.6 Å². The van der Waals surface area contributed by atoms with Crippen molar-refractivity contribution in [3.8, 4) is 0 Å². The highest BCUT2D eigenvalue weighted by Crippen LogP contribution is 2.66. The molecular formula is C24H38O6. The smallest absolute Gasteiger partial charge is 0.302 e. The SMILES string of the molecule is C=C[C@]1(CO)CC[C@@H]2[C@]3(C)CCC[C@](C)(COC(C)=O)[C@@H]3[C@H](OC(C)=O)C[C@]2(C)O1. The first-order valence-corrected chi connectivity index (χ1v) is 11.2. The molecule has 6 heteroatoms. The van der Waals surface area contributed by atoms with Crippen LogP contribution in [0.3, 0.4) is 0 Å². The second-order valence-corrected chi connectivity index (χ2v) is 10.6. The summed E-state index contributed by atoms with van der Waals surface area (Å²) in [5, 5.41) is 10.0. The maximum Gasteiger partial charge on any atom is 0.302 e. The number of carbonyl (C=O) groups is 2. The largest absolute Gasteiger partial charge is 0.465 e. The van der Waals surface area contributed by atoms with Gasteiger partial charge >= 0.3 is 11.9 Å². The molecule has 7 atom stereocenters. The van der Waals surface area contributed by atoms with Crippen LogP contribution >= 0.6 is 0 Å². The maximum atomic E-state index is 12.1. The van der Waals surface area contributed by atoms with Crippen LogP contribution in [0.15, 0.2) is 12.7 Å². The van der Waals surface area contributed by atoms with E-state index in [4.69, 9.17) is 14.2 Å². The summed E-state index contributed by atoms with van der Waals surface area (Å²) < 4.78 is 18.0. The Morgan fingerprint density at radius 1 is 1.17 bits per heavy atom. The van der Waals surface area contributed by atoms with Crippen molar-refractivity contribution in [2.45, 2.75) is 90.4 Å². The third-order valence-electron chi connectivity index (χ3n) is 8.29. The number of ether oxygens (including phenoxy) is 3. The summed E-state index contributed by atoms with van der Waals surface area (Å²) in [6, 6.07) is 0. The minimum Gasteiger partial charge on any atom is -0.465 e. The van der Waals surface area contributed by atoms with Gasteiger partial charge in [-0.15, -0.1) is 6.58 Å². The lowest BCUT2D eigenvalue weighted by molar-refractivity contribution is -0.291. The Balaban J connectivity index is 2.04. The zero-order valence-electron chi connectivity index (χ0n) is 19.2. The molecule has 0 aromatic rings. The Bertz CT molecular complexity index is 706. The highest BCUT2D eigenvalue weighted by atomic mass is 16.6. The van der Waals surface area contributed by atoms with Crippen LogP contribution < -0.4 is 0 Å². The van der Waals surface area contributed by atoms with Crippen LogP contribution in [-0.4, -0.2) is 47.6 Å². The molecule has 1 N–H and O–H groups in total. The molecule has 3 aliphatic rings. The van der Waals surface area contributed by atoms with Crippen LogP contribution in [0, 0.1) is 22.7 Å². The van der Waals surface area contributed by atoms with E-state index >= 15 is 0 Å². The number of hydrogen-bond acceptors (Lipinski definition) is 6. The van der Waals surface area contributed by atoms with Gasteiger partial charge in [0.05, 0.1) is 18.8 Å². The molecule has 0 aromatic heterocycles. The van der Waals surface area contributed by atoms with Crippen molar-refractivity contribution in [3.63, 3.8) is 0 Å². The van der Waals surface area contributed by atoms with E-state index in [-0.39, 0.29) is 47.3 Å². The number of fused-ring (bicyclic) bond motifs is 3. The molecule has 1 aliphatic heterocycles. The maximum absolute atomic E-state index is 12.1. The molecule has 3 fully saturated rings. The molecule has 0 spiro atoms. The van der Waals surface area contributed by atoms with Crippen LogP contribution in [0.2, 0.25) is 0 Å². The Hall–Kier alpha value is -1.40. The second kappa shape index (κ2) is 7.94. The van der Waals surface area contributed by atoms with Crippen molar-refractivity contribution < 1.29 is 28.9 Å². The average Bonchev–Trinajstić information content (AvgIpc) is 2.64. The van der Waals surface area contributed by atoms with E-state index < -0.39 is 11.2 Å². The van der Waals surface area contributed by atoms with Crippen molar-refractivity contribution in [3.05, 3.63) is 12.7 Å². The fraction of sp³-hybridized carbons (Fsp3) is 0.833. The third-order valence-corrected chi connectivity index (χ3v) is 8.29. The van der Waals surface area contributed by atoms with E-state index in [0.29, 0.717) is 19.4 Å². The van der Waals surface area contributed by atoms with E-state index in [1.165, 1.54) is 13.8 Å². The minimum atomic E-state index is -0.759. The van der Waals surface area contributed by atoms with E-state index in [1.807, 2.05) is 0 Å². The lowest BCUT2D eigenvalue weighted by atomic mass is 9.43. The predicted molar refractivity (Wildman–Crippen MR) is 113 cm³/mol. The zero-order chi connectivity index (χ0) is 22.4. The predicted octanol–water partition coefficient (Wildman–Crippen LogP) is 3.80. The molecule has 0 radical (unpaired) electrons. The van der Waals surface area contributed by atoms with Crippen molar-refractivity contribution in [2.24, 2.45) is 22.7 Å². The van der Waals surface area contributed by atoms with Gasteiger partial charge in [-0.2, -0.15) is 0 Å². The fourth-order valence-corrected chi connectivity index (χ4v) is 7.32. The normalized spacial score (nSPS) is 45.6. The molecule has 6 nitrogen and oxygen atoms in total. The highest BCUT2D eigenvalue weighted by molar-refractivity contribution is 5.66. The fourth-order valence-electron chi connectivity index (χ4n) is 7.32.